The van der Waals surface area contributed by atoms with Crippen molar-refractivity contribution in [3.05, 3.63) is 52.0 Å². The van der Waals surface area contributed by atoms with E-state index in [0.717, 1.165) is 35.0 Å². The maximum absolute atomic E-state index is 13.0. The highest BCUT2D eigenvalue weighted by atomic mass is 79.9. The van der Waals surface area contributed by atoms with Gasteiger partial charge in [0.15, 0.2) is 11.5 Å². The number of guanidine groups is 1. The van der Waals surface area contributed by atoms with Crippen LogP contribution in [0.1, 0.15) is 44.2 Å². The number of nitrogens with zero attached hydrogens (tertiary/aromatic N) is 2. The minimum atomic E-state index is -1.43. The zero-order valence-corrected chi connectivity index (χ0v) is 23.5. The number of fused-ring (bicyclic) bond motifs is 2. The van der Waals surface area contributed by atoms with Gasteiger partial charge in [0.05, 0.1) is 13.7 Å². The van der Waals surface area contributed by atoms with Gasteiger partial charge in [0.2, 0.25) is 0 Å². The molecule has 4 N–H and O–H groups in total. The number of carbonyl (C=O) groups excluding carboxylic acids is 1. The molecule has 3 aliphatic rings. The summed E-state index contributed by atoms with van der Waals surface area (Å²) in [5.74, 6) is 1.46. The summed E-state index contributed by atoms with van der Waals surface area (Å²) in [7, 11) is 1.77. The molecule has 2 unspecified atom stereocenters. The Morgan fingerprint density at radius 3 is 2.51 bits per heavy atom. The molecule has 9 nitrogen and oxygen atoms in total. The number of ether oxygens (including phenoxy) is 3. The van der Waals surface area contributed by atoms with E-state index in [1.807, 2.05) is 45.0 Å². The predicted molar refractivity (Wildman–Crippen MR) is 147 cm³/mol. The molecule has 2 spiro atoms. The molecule has 0 aromatic heterocycles. The van der Waals surface area contributed by atoms with Gasteiger partial charge in [0, 0.05) is 30.1 Å². The summed E-state index contributed by atoms with van der Waals surface area (Å²) >= 11 is 3.47. The Bertz CT molecular complexity index is 1160. The second kappa shape index (κ2) is 11.9. The van der Waals surface area contributed by atoms with Gasteiger partial charge in [-0.15, -0.1) is 0 Å². The van der Waals surface area contributed by atoms with Gasteiger partial charge in [0.25, 0.3) is 5.91 Å². The Morgan fingerprint density at radius 2 is 1.95 bits per heavy atom. The van der Waals surface area contributed by atoms with Crippen molar-refractivity contribution in [3.63, 3.8) is 0 Å². The van der Waals surface area contributed by atoms with Crippen molar-refractivity contribution >= 4 is 40.4 Å². The van der Waals surface area contributed by atoms with Crippen LogP contribution in [0.25, 0.3) is 0 Å². The minimum Gasteiger partial charge on any atom is -0.497 e. The van der Waals surface area contributed by atoms with Crippen LogP contribution < -0.4 is 20.7 Å². The van der Waals surface area contributed by atoms with Gasteiger partial charge in [-0.2, -0.15) is 0 Å². The largest absolute Gasteiger partial charge is 0.497 e. The number of benzene rings is 2. The highest BCUT2D eigenvalue weighted by Gasteiger charge is 2.58. The number of likely N-dealkylation sites (N-methyl/N-ethyl adjacent to an activating group) is 1. The highest BCUT2D eigenvalue weighted by Crippen LogP contribution is 2.51. The Balaban J connectivity index is 0.000000231. The molecule has 200 valence electrons. The van der Waals surface area contributed by atoms with E-state index in [9.17, 15) is 4.79 Å². The average molecular weight is 576 g/mol. The zero-order valence-electron chi connectivity index (χ0n) is 22.0. The third-order valence-electron chi connectivity index (χ3n) is 6.49. The van der Waals surface area contributed by atoms with Crippen LogP contribution in [0.15, 0.2) is 45.9 Å². The summed E-state index contributed by atoms with van der Waals surface area (Å²) in [5, 5.41) is 17.7. The first-order valence-corrected chi connectivity index (χ1v) is 13.1. The highest BCUT2D eigenvalue weighted by molar-refractivity contribution is 9.10. The molecule has 3 heterocycles. The molecule has 2 atom stereocenters. The van der Waals surface area contributed by atoms with Crippen LogP contribution >= 0.6 is 15.9 Å². The van der Waals surface area contributed by atoms with Crippen LogP contribution in [0.2, 0.25) is 0 Å². The minimum absolute atomic E-state index is 0.109. The van der Waals surface area contributed by atoms with Gasteiger partial charge < -0.3 is 30.0 Å². The van der Waals surface area contributed by atoms with Crippen molar-refractivity contribution in [1.29, 1.82) is 0 Å². The lowest BCUT2D eigenvalue weighted by Crippen LogP contribution is -2.55. The van der Waals surface area contributed by atoms with Crippen LogP contribution in [-0.4, -0.2) is 66.9 Å². The molecule has 11 heteroatoms. The van der Waals surface area contributed by atoms with Crippen LogP contribution in [0.5, 0.6) is 11.5 Å². The van der Waals surface area contributed by atoms with Crippen molar-refractivity contribution in [2.75, 3.05) is 27.4 Å². The van der Waals surface area contributed by atoms with E-state index in [1.54, 1.807) is 26.3 Å². The van der Waals surface area contributed by atoms with E-state index in [-0.39, 0.29) is 11.9 Å². The predicted octanol–water partition coefficient (Wildman–Crippen LogP) is 2.47. The summed E-state index contributed by atoms with van der Waals surface area (Å²) < 4.78 is 17.8. The average Bonchev–Trinajstić information content (AvgIpc) is 3.09. The lowest BCUT2D eigenvalue weighted by Gasteiger charge is -2.46. The molecule has 2 aromatic carbocycles. The van der Waals surface area contributed by atoms with Crippen LogP contribution in [0.3, 0.4) is 0 Å². The molecule has 0 radical (unpaired) electrons. The number of amides is 1. The fraction of sp³-hybridized carbons (Fsp3) is 0.462. The monoisotopic (exact) mass is 575 g/mol. The molecule has 0 saturated carbocycles. The second-order valence-corrected chi connectivity index (χ2v) is 10.0. The van der Waals surface area contributed by atoms with Crippen molar-refractivity contribution in [3.8, 4) is 11.5 Å². The summed E-state index contributed by atoms with van der Waals surface area (Å²) in [6, 6.07) is 10.8. The fourth-order valence-electron chi connectivity index (χ4n) is 4.83. The van der Waals surface area contributed by atoms with E-state index in [0.29, 0.717) is 30.0 Å². The van der Waals surface area contributed by atoms with E-state index in [4.69, 9.17) is 30.0 Å². The standard InChI is InChI=1S/C16H18BrN3O3.C8H11BO3.C2H6/c1-20-13(21)16(19-14(20)18)8-15(5-2-6-22-9-15)23-12-4-3-10(17)7-11(12)16;1-6-3-7(9(10)11)5-8(4-6)12-2;1-2/h3-4,7H,2,5-6,8-9H2,1H3,(H2,18,19);3-5,10-11H,1-2H3;1-2H3. The first kappa shape index (κ1) is 29.0. The molecule has 0 bridgehead atoms. The topological polar surface area (TPSA) is 127 Å². The molecule has 2 aromatic rings. The number of halogens is 1. The Morgan fingerprint density at radius 1 is 1.22 bits per heavy atom. The molecular weight excluding hydrogens is 541 g/mol. The zero-order chi connectivity index (χ0) is 27.4. The Labute approximate surface area is 226 Å². The summed E-state index contributed by atoms with van der Waals surface area (Å²) in [4.78, 5) is 19.0. The lowest BCUT2D eigenvalue weighted by atomic mass is 9.74. The molecule has 1 saturated heterocycles. The normalized spacial score (nSPS) is 23.7. The molecule has 1 fully saturated rings. The van der Waals surface area contributed by atoms with E-state index in [2.05, 4.69) is 20.9 Å². The van der Waals surface area contributed by atoms with Gasteiger partial charge in [-0.25, -0.2) is 4.99 Å². The first-order valence-electron chi connectivity index (χ1n) is 12.3. The fourth-order valence-corrected chi connectivity index (χ4v) is 5.19. The Hall–Kier alpha value is -2.60. The van der Waals surface area contributed by atoms with Crippen molar-refractivity contribution in [1.82, 2.24) is 4.90 Å². The van der Waals surface area contributed by atoms with Crippen molar-refractivity contribution < 1.29 is 29.1 Å². The van der Waals surface area contributed by atoms with E-state index < -0.39 is 18.3 Å². The number of rotatable bonds is 2. The number of aliphatic imine (C=N–C) groups is 1. The third-order valence-corrected chi connectivity index (χ3v) is 6.99. The van der Waals surface area contributed by atoms with Gasteiger partial charge in [-0.1, -0.05) is 35.8 Å². The quantitative estimate of drug-likeness (QED) is 0.469. The van der Waals surface area contributed by atoms with Gasteiger partial charge in [0.1, 0.15) is 17.1 Å². The lowest BCUT2D eigenvalue weighted by molar-refractivity contribution is -0.139. The maximum Gasteiger partial charge on any atom is 0.488 e. The second-order valence-electron chi connectivity index (χ2n) is 9.11. The Kier molecular flexibility index (Phi) is 9.28. The number of hydrogen-bond donors (Lipinski definition) is 3. The van der Waals surface area contributed by atoms with E-state index >= 15 is 0 Å². The third kappa shape index (κ3) is 5.95. The molecule has 1 amide bonds. The number of hydrogen-bond acceptors (Lipinski definition) is 8. The number of nitrogens with two attached hydrogens (primary N) is 1. The number of aryl methyl sites for hydroxylation is 1. The molecule has 3 aliphatic heterocycles. The van der Waals surface area contributed by atoms with Gasteiger partial charge >= 0.3 is 7.12 Å². The molecule has 5 rings (SSSR count). The van der Waals surface area contributed by atoms with Crippen LogP contribution in [-0.2, 0) is 15.1 Å². The van der Waals surface area contributed by atoms with E-state index in [1.165, 1.54) is 4.90 Å². The number of carbonyl (C=O) groups is 1. The van der Waals surface area contributed by atoms with Gasteiger partial charge in [-0.05, 0) is 61.1 Å². The first-order chi connectivity index (χ1) is 17.6. The molecular formula is C26H35BBrN3O6. The van der Waals surface area contributed by atoms with Gasteiger partial charge in [-0.3, -0.25) is 9.69 Å². The van der Waals surface area contributed by atoms with Crippen molar-refractivity contribution in [2.24, 2.45) is 10.7 Å². The van der Waals surface area contributed by atoms with Crippen LogP contribution in [0.4, 0.5) is 0 Å². The summed E-state index contributed by atoms with van der Waals surface area (Å²) in [5.41, 5.74) is 6.57. The van der Waals surface area contributed by atoms with Crippen molar-refractivity contribution in [2.45, 2.75) is 51.2 Å². The summed E-state index contributed by atoms with van der Waals surface area (Å²) in [6.07, 6.45) is 2.20. The maximum atomic E-state index is 13.0. The SMILES string of the molecule is CC.CN1C(=O)C2(CC3(CCCOC3)Oc3ccc(Br)cc32)N=C1N.COc1cc(C)cc(B(O)O)c1. The summed E-state index contributed by atoms with van der Waals surface area (Å²) in [6.45, 7) is 7.07. The van der Waals surface area contributed by atoms with Crippen LogP contribution in [0, 0.1) is 6.92 Å². The molecule has 37 heavy (non-hydrogen) atoms. The molecule has 0 aliphatic carbocycles. The smallest absolute Gasteiger partial charge is 0.488 e. The number of methoxy groups -OCH3 is 1.